The largest absolute Gasteiger partial charge is 0.465 e. The topological polar surface area (TPSA) is 21.7 Å². The summed E-state index contributed by atoms with van der Waals surface area (Å²) >= 11 is 0. The first-order chi connectivity index (χ1) is 11.7. The molecular weight excluding hydrogens is 298 g/mol. The summed E-state index contributed by atoms with van der Waals surface area (Å²) < 4.78 is 11.9. The van der Waals surface area contributed by atoms with E-state index in [1.54, 1.807) is 12.5 Å². The molecule has 2 aliphatic carbocycles. The highest BCUT2D eigenvalue weighted by atomic mass is 16.5. The summed E-state index contributed by atoms with van der Waals surface area (Å²) in [6.45, 7) is 0. The molecule has 0 saturated heterocycles. The molecule has 0 aromatic heterocycles. The van der Waals surface area contributed by atoms with Crippen LogP contribution in [0.2, 0.25) is 0 Å². The zero-order valence-electron chi connectivity index (χ0n) is 14.2. The van der Waals surface area contributed by atoms with E-state index < -0.39 is 0 Å². The molecule has 1 aromatic carbocycles. The van der Waals surface area contributed by atoms with Gasteiger partial charge in [0.1, 0.15) is 18.3 Å². The van der Waals surface area contributed by atoms with E-state index in [2.05, 4.69) is 61.5 Å². The summed E-state index contributed by atoms with van der Waals surface area (Å²) in [4.78, 5) is 2.29. The van der Waals surface area contributed by atoms with Crippen molar-refractivity contribution >= 4 is 0 Å². The summed E-state index contributed by atoms with van der Waals surface area (Å²) in [7, 11) is 4.28. The molecule has 124 valence electrons. The Hall–Kier alpha value is -2.26. The van der Waals surface area contributed by atoms with Gasteiger partial charge in [-0.1, -0.05) is 42.5 Å². The van der Waals surface area contributed by atoms with Gasteiger partial charge in [-0.15, -0.1) is 0 Å². The lowest BCUT2D eigenvalue weighted by atomic mass is 9.99. The maximum atomic E-state index is 6.27. The van der Waals surface area contributed by atoms with Crippen molar-refractivity contribution in [2.45, 2.75) is 31.2 Å². The first-order valence-corrected chi connectivity index (χ1v) is 8.59. The monoisotopic (exact) mass is 321 g/mol. The summed E-state index contributed by atoms with van der Waals surface area (Å²) in [5.41, 5.74) is 3.95. The molecule has 2 unspecified atom stereocenters. The van der Waals surface area contributed by atoms with Crippen LogP contribution in [0.25, 0.3) is 0 Å². The van der Waals surface area contributed by atoms with E-state index >= 15 is 0 Å². The van der Waals surface area contributed by atoms with E-state index in [0.29, 0.717) is 6.04 Å². The van der Waals surface area contributed by atoms with Crippen LogP contribution in [-0.2, 0) is 9.47 Å². The second-order valence-corrected chi connectivity index (χ2v) is 6.80. The van der Waals surface area contributed by atoms with E-state index in [0.717, 1.165) is 30.8 Å². The molecule has 0 fully saturated rings. The summed E-state index contributed by atoms with van der Waals surface area (Å²) in [5.74, 6) is 2.01. The summed E-state index contributed by atoms with van der Waals surface area (Å²) in [6, 6.07) is 9.10. The average Bonchev–Trinajstić information content (AvgIpc) is 3.03. The minimum atomic E-state index is 0.247. The number of fused-ring (bicyclic) bond motifs is 1. The minimum absolute atomic E-state index is 0.247. The maximum Gasteiger partial charge on any atom is 0.165 e. The van der Waals surface area contributed by atoms with E-state index in [9.17, 15) is 0 Å². The van der Waals surface area contributed by atoms with Crippen LogP contribution < -0.4 is 0 Å². The molecule has 0 radical (unpaired) electrons. The van der Waals surface area contributed by atoms with Crippen LogP contribution in [0.5, 0.6) is 0 Å². The van der Waals surface area contributed by atoms with Crippen LogP contribution in [0.1, 0.15) is 42.3 Å². The average molecular weight is 321 g/mol. The lowest BCUT2D eigenvalue weighted by Gasteiger charge is -2.24. The van der Waals surface area contributed by atoms with Crippen molar-refractivity contribution in [2.24, 2.45) is 0 Å². The zero-order chi connectivity index (χ0) is 16.5. The van der Waals surface area contributed by atoms with Gasteiger partial charge in [0.2, 0.25) is 0 Å². The van der Waals surface area contributed by atoms with Crippen LogP contribution in [0.3, 0.4) is 0 Å². The van der Waals surface area contributed by atoms with Crippen LogP contribution in [0.4, 0.5) is 0 Å². The molecule has 4 rings (SSSR count). The fraction of sp³-hybridized carbons (Fsp3) is 0.333. The molecule has 1 heterocycles. The van der Waals surface area contributed by atoms with E-state index in [1.165, 1.54) is 16.7 Å². The molecule has 0 amide bonds. The van der Waals surface area contributed by atoms with Gasteiger partial charge in [0.25, 0.3) is 0 Å². The Balaban J connectivity index is 1.60. The first kappa shape index (κ1) is 15.3. The molecule has 0 bridgehead atoms. The first-order valence-electron chi connectivity index (χ1n) is 8.59. The van der Waals surface area contributed by atoms with Gasteiger partial charge in [0, 0.05) is 12.0 Å². The molecular formula is C21H23NO2. The number of rotatable bonds is 3. The molecule has 0 saturated carbocycles. The minimum Gasteiger partial charge on any atom is -0.465 e. The van der Waals surface area contributed by atoms with E-state index in [4.69, 9.17) is 9.47 Å². The van der Waals surface area contributed by atoms with Crippen LogP contribution in [0.15, 0.2) is 72.1 Å². The van der Waals surface area contributed by atoms with Gasteiger partial charge >= 0.3 is 0 Å². The second-order valence-electron chi connectivity index (χ2n) is 6.80. The Morgan fingerprint density at radius 2 is 1.92 bits per heavy atom. The molecule has 0 spiro atoms. The van der Waals surface area contributed by atoms with Gasteiger partial charge in [-0.05, 0) is 50.1 Å². The Labute approximate surface area is 143 Å². The number of allylic oxidation sites excluding steroid dienone is 5. The van der Waals surface area contributed by atoms with Crippen molar-refractivity contribution in [2.75, 3.05) is 14.1 Å². The summed E-state index contributed by atoms with van der Waals surface area (Å²) in [5, 5.41) is 0. The molecule has 3 nitrogen and oxygen atoms in total. The van der Waals surface area contributed by atoms with Gasteiger partial charge in [-0.25, -0.2) is 0 Å². The standard InChI is InChI=1S/C21H23NO2/c1-22(2)19-12-18(16-10-6-7-11-17(16)19)21-14-23-13-20(24-21)15-8-4-3-5-9-15/h3-4,6-8,10-11,13-14,18-19H,5,9,12H2,1-2H3. The third kappa shape index (κ3) is 2.69. The lowest BCUT2D eigenvalue weighted by molar-refractivity contribution is 0.200. The van der Waals surface area contributed by atoms with Crippen LogP contribution in [-0.4, -0.2) is 19.0 Å². The number of hydrogen-bond acceptors (Lipinski definition) is 3. The molecule has 24 heavy (non-hydrogen) atoms. The molecule has 1 aliphatic heterocycles. The molecule has 3 heteroatoms. The fourth-order valence-electron chi connectivity index (χ4n) is 3.81. The number of hydrogen-bond donors (Lipinski definition) is 0. The van der Waals surface area contributed by atoms with Crippen molar-refractivity contribution in [3.8, 4) is 0 Å². The fourth-order valence-corrected chi connectivity index (χ4v) is 3.81. The zero-order valence-corrected chi connectivity index (χ0v) is 14.2. The molecule has 1 aromatic rings. The predicted molar refractivity (Wildman–Crippen MR) is 95.0 cm³/mol. The Kier molecular flexibility index (Phi) is 4.03. The number of nitrogens with zero attached hydrogens (tertiary/aromatic N) is 1. The van der Waals surface area contributed by atoms with Crippen molar-refractivity contribution in [1.29, 1.82) is 0 Å². The third-order valence-electron chi connectivity index (χ3n) is 5.07. The van der Waals surface area contributed by atoms with Gasteiger partial charge in [-0.3, -0.25) is 0 Å². The molecule has 2 atom stereocenters. The SMILES string of the molecule is CN(C)C1CC(C2=COC=C(C3=CC=CCC3)O2)c2ccccc21. The van der Waals surface area contributed by atoms with Crippen molar-refractivity contribution < 1.29 is 9.47 Å². The number of benzene rings is 1. The number of ether oxygens (including phenoxy) is 2. The predicted octanol–water partition coefficient (Wildman–Crippen LogP) is 4.78. The Morgan fingerprint density at radius 3 is 2.67 bits per heavy atom. The third-order valence-corrected chi connectivity index (χ3v) is 5.07. The Morgan fingerprint density at radius 1 is 1.08 bits per heavy atom. The second kappa shape index (κ2) is 6.33. The van der Waals surface area contributed by atoms with Gasteiger partial charge in [0.05, 0.1) is 0 Å². The van der Waals surface area contributed by atoms with E-state index in [1.807, 2.05) is 0 Å². The normalized spacial score (nSPS) is 25.4. The van der Waals surface area contributed by atoms with Gasteiger partial charge in [-0.2, -0.15) is 0 Å². The molecule has 3 aliphatic rings. The smallest absolute Gasteiger partial charge is 0.165 e. The highest BCUT2D eigenvalue weighted by Crippen LogP contribution is 2.47. The maximum absolute atomic E-state index is 6.27. The van der Waals surface area contributed by atoms with Crippen molar-refractivity contribution in [3.63, 3.8) is 0 Å². The summed E-state index contributed by atoms with van der Waals surface area (Å²) in [6.07, 6.45) is 13.0. The van der Waals surface area contributed by atoms with Crippen LogP contribution in [0, 0.1) is 0 Å². The van der Waals surface area contributed by atoms with Crippen molar-refractivity contribution in [3.05, 3.63) is 83.2 Å². The lowest BCUT2D eigenvalue weighted by Crippen LogP contribution is -2.18. The van der Waals surface area contributed by atoms with Crippen molar-refractivity contribution in [1.82, 2.24) is 4.90 Å². The quantitative estimate of drug-likeness (QED) is 0.799. The van der Waals surface area contributed by atoms with E-state index in [-0.39, 0.29) is 5.92 Å². The van der Waals surface area contributed by atoms with Gasteiger partial charge in [0.15, 0.2) is 5.76 Å². The highest BCUT2D eigenvalue weighted by molar-refractivity contribution is 5.43. The Bertz CT molecular complexity index is 755. The molecule has 0 N–H and O–H groups in total. The van der Waals surface area contributed by atoms with Gasteiger partial charge < -0.3 is 14.4 Å². The highest BCUT2D eigenvalue weighted by Gasteiger charge is 2.36. The van der Waals surface area contributed by atoms with Crippen LogP contribution >= 0.6 is 0 Å².